The molecule has 2 nitrogen and oxygen atoms in total. The molecule has 1 aromatic rings. The largest absolute Gasteiger partial charge is 0.377 e. The van der Waals surface area contributed by atoms with Gasteiger partial charge >= 0.3 is 0 Å². The van der Waals surface area contributed by atoms with E-state index in [-0.39, 0.29) is 0 Å². The van der Waals surface area contributed by atoms with Crippen LogP contribution in [0.5, 0.6) is 0 Å². The average molecular weight is 233 g/mol. The van der Waals surface area contributed by atoms with Crippen molar-refractivity contribution in [3.63, 3.8) is 0 Å². The lowest BCUT2D eigenvalue weighted by Crippen LogP contribution is -2.15. The minimum absolute atomic E-state index is 0.709. The van der Waals surface area contributed by atoms with Crippen molar-refractivity contribution in [2.75, 3.05) is 13.2 Å². The Kier molecular flexibility index (Phi) is 7.35. The van der Waals surface area contributed by atoms with Gasteiger partial charge in [0.25, 0.3) is 0 Å². The summed E-state index contributed by atoms with van der Waals surface area (Å²) in [7, 11) is 0. The Bertz CT molecular complexity index is 322. The highest BCUT2D eigenvalue weighted by Crippen LogP contribution is 2.09. The number of unbranched alkanes of at least 4 members (excludes halogenated alkanes) is 1. The Morgan fingerprint density at radius 1 is 1.29 bits per heavy atom. The summed E-state index contributed by atoms with van der Waals surface area (Å²) in [5, 5.41) is 3.45. The van der Waals surface area contributed by atoms with Gasteiger partial charge in [-0.25, -0.2) is 0 Å². The van der Waals surface area contributed by atoms with Crippen LogP contribution in [0.25, 0.3) is 0 Å². The molecule has 1 aromatic carbocycles. The zero-order chi connectivity index (χ0) is 12.3. The van der Waals surface area contributed by atoms with Crippen molar-refractivity contribution in [2.45, 2.75) is 32.9 Å². The normalized spacial score (nSPS) is 10.4. The summed E-state index contributed by atoms with van der Waals surface area (Å²) in [5.41, 5.74) is 2.62. The first kappa shape index (κ1) is 13.9. The number of hydrogen-bond donors (Lipinski definition) is 1. The third-order valence-corrected chi connectivity index (χ3v) is 2.66. The molecule has 1 rings (SSSR count). The first-order valence-corrected chi connectivity index (χ1v) is 6.34. The lowest BCUT2D eigenvalue weighted by molar-refractivity contribution is 0.133. The SMILES string of the molecule is C=CCCCNCc1ccccc1COCC. The van der Waals surface area contributed by atoms with Crippen LogP contribution in [0.15, 0.2) is 36.9 Å². The standard InChI is InChI=1S/C15H23NO/c1-3-5-8-11-16-12-14-9-6-7-10-15(14)13-17-4-2/h3,6-7,9-10,16H,1,4-5,8,11-13H2,2H3. The van der Waals surface area contributed by atoms with Gasteiger partial charge < -0.3 is 10.1 Å². The maximum absolute atomic E-state index is 5.46. The van der Waals surface area contributed by atoms with Gasteiger partial charge in [-0.05, 0) is 37.4 Å². The second kappa shape index (κ2) is 8.97. The molecule has 0 aliphatic carbocycles. The fourth-order valence-corrected chi connectivity index (χ4v) is 1.68. The number of ether oxygens (including phenoxy) is 1. The van der Waals surface area contributed by atoms with Gasteiger partial charge in [0.15, 0.2) is 0 Å². The highest BCUT2D eigenvalue weighted by atomic mass is 16.5. The summed E-state index contributed by atoms with van der Waals surface area (Å²) in [4.78, 5) is 0. The van der Waals surface area contributed by atoms with Gasteiger partial charge in [-0.2, -0.15) is 0 Å². The van der Waals surface area contributed by atoms with E-state index in [4.69, 9.17) is 4.74 Å². The number of allylic oxidation sites excluding steroid dienone is 1. The van der Waals surface area contributed by atoms with Crippen molar-refractivity contribution in [3.8, 4) is 0 Å². The summed E-state index contributed by atoms with van der Waals surface area (Å²) in [6.07, 6.45) is 4.19. The van der Waals surface area contributed by atoms with Crippen LogP contribution in [0.4, 0.5) is 0 Å². The predicted octanol–water partition coefficient (Wildman–Crippen LogP) is 3.28. The van der Waals surface area contributed by atoms with Gasteiger partial charge in [-0.1, -0.05) is 30.3 Å². The van der Waals surface area contributed by atoms with Crippen LogP contribution in [0.1, 0.15) is 30.9 Å². The monoisotopic (exact) mass is 233 g/mol. The fourth-order valence-electron chi connectivity index (χ4n) is 1.68. The molecule has 0 saturated carbocycles. The molecular weight excluding hydrogens is 210 g/mol. The van der Waals surface area contributed by atoms with Gasteiger partial charge in [-0.3, -0.25) is 0 Å². The number of nitrogens with one attached hydrogen (secondary N) is 1. The van der Waals surface area contributed by atoms with E-state index in [0.29, 0.717) is 6.61 Å². The van der Waals surface area contributed by atoms with E-state index >= 15 is 0 Å². The fraction of sp³-hybridized carbons (Fsp3) is 0.467. The number of rotatable bonds is 9. The minimum atomic E-state index is 0.709. The Hall–Kier alpha value is -1.12. The Morgan fingerprint density at radius 2 is 2.06 bits per heavy atom. The van der Waals surface area contributed by atoms with Crippen molar-refractivity contribution < 1.29 is 4.74 Å². The molecule has 0 aromatic heterocycles. The number of hydrogen-bond acceptors (Lipinski definition) is 2. The molecule has 17 heavy (non-hydrogen) atoms. The van der Waals surface area contributed by atoms with Crippen LogP contribution in [0, 0.1) is 0 Å². The Morgan fingerprint density at radius 3 is 2.76 bits per heavy atom. The lowest BCUT2D eigenvalue weighted by atomic mass is 10.1. The molecule has 0 radical (unpaired) electrons. The van der Waals surface area contributed by atoms with Crippen molar-refractivity contribution >= 4 is 0 Å². The first-order chi connectivity index (χ1) is 8.38. The minimum Gasteiger partial charge on any atom is -0.377 e. The van der Waals surface area contributed by atoms with E-state index in [2.05, 4.69) is 36.2 Å². The molecule has 0 unspecified atom stereocenters. The summed E-state index contributed by atoms with van der Waals surface area (Å²) in [6, 6.07) is 8.44. The summed E-state index contributed by atoms with van der Waals surface area (Å²) >= 11 is 0. The van der Waals surface area contributed by atoms with Gasteiger partial charge in [0.2, 0.25) is 0 Å². The molecular formula is C15H23NO. The molecule has 94 valence electrons. The maximum atomic E-state index is 5.46. The number of benzene rings is 1. The molecule has 0 spiro atoms. The predicted molar refractivity (Wildman–Crippen MR) is 72.9 cm³/mol. The molecule has 0 atom stereocenters. The maximum Gasteiger partial charge on any atom is 0.0719 e. The van der Waals surface area contributed by atoms with E-state index in [1.807, 2.05) is 13.0 Å². The van der Waals surface area contributed by atoms with Gasteiger partial charge in [0, 0.05) is 13.2 Å². The van der Waals surface area contributed by atoms with Crippen LogP contribution in [0.2, 0.25) is 0 Å². The van der Waals surface area contributed by atoms with E-state index in [9.17, 15) is 0 Å². The van der Waals surface area contributed by atoms with Gasteiger partial charge in [0.05, 0.1) is 6.61 Å². The summed E-state index contributed by atoms with van der Waals surface area (Å²) in [6.45, 7) is 9.17. The molecule has 0 bridgehead atoms. The van der Waals surface area contributed by atoms with Crippen LogP contribution in [-0.4, -0.2) is 13.2 Å². The zero-order valence-corrected chi connectivity index (χ0v) is 10.7. The van der Waals surface area contributed by atoms with Crippen molar-refractivity contribution in [2.24, 2.45) is 0 Å². The molecule has 0 aliphatic heterocycles. The first-order valence-electron chi connectivity index (χ1n) is 6.34. The van der Waals surface area contributed by atoms with Gasteiger partial charge in [-0.15, -0.1) is 6.58 Å². The smallest absolute Gasteiger partial charge is 0.0719 e. The van der Waals surface area contributed by atoms with Crippen LogP contribution in [0.3, 0.4) is 0 Å². The Labute approximate surface area is 105 Å². The van der Waals surface area contributed by atoms with E-state index in [1.165, 1.54) is 11.1 Å². The molecule has 0 saturated heterocycles. The highest BCUT2D eigenvalue weighted by Gasteiger charge is 2.00. The van der Waals surface area contributed by atoms with E-state index in [0.717, 1.165) is 32.5 Å². The highest BCUT2D eigenvalue weighted by molar-refractivity contribution is 5.26. The Balaban J connectivity index is 2.37. The van der Waals surface area contributed by atoms with Crippen LogP contribution >= 0.6 is 0 Å². The second-order valence-corrected chi connectivity index (χ2v) is 4.01. The van der Waals surface area contributed by atoms with Gasteiger partial charge in [0.1, 0.15) is 0 Å². The third-order valence-electron chi connectivity index (χ3n) is 2.66. The van der Waals surface area contributed by atoms with E-state index in [1.54, 1.807) is 0 Å². The molecule has 0 aliphatic rings. The lowest BCUT2D eigenvalue weighted by Gasteiger charge is -2.10. The molecule has 0 heterocycles. The summed E-state index contributed by atoms with van der Waals surface area (Å²) in [5.74, 6) is 0. The quantitative estimate of drug-likeness (QED) is 0.522. The van der Waals surface area contributed by atoms with Crippen molar-refractivity contribution in [1.29, 1.82) is 0 Å². The van der Waals surface area contributed by atoms with E-state index < -0.39 is 0 Å². The topological polar surface area (TPSA) is 21.3 Å². The average Bonchev–Trinajstić information content (AvgIpc) is 2.37. The third kappa shape index (κ3) is 5.66. The zero-order valence-electron chi connectivity index (χ0n) is 10.7. The summed E-state index contributed by atoms with van der Waals surface area (Å²) < 4.78 is 5.46. The van der Waals surface area contributed by atoms with Crippen molar-refractivity contribution in [3.05, 3.63) is 48.0 Å². The molecule has 2 heteroatoms. The van der Waals surface area contributed by atoms with Crippen LogP contribution in [-0.2, 0) is 17.9 Å². The van der Waals surface area contributed by atoms with Crippen molar-refractivity contribution in [1.82, 2.24) is 5.32 Å². The second-order valence-electron chi connectivity index (χ2n) is 4.01. The molecule has 0 fully saturated rings. The molecule has 0 amide bonds. The van der Waals surface area contributed by atoms with Crippen LogP contribution < -0.4 is 5.32 Å². The molecule has 1 N–H and O–H groups in total.